The largest absolute Gasteiger partial charge is 0.361 e. The van der Waals surface area contributed by atoms with Crippen LogP contribution in [-0.2, 0) is 10.0 Å². The van der Waals surface area contributed by atoms with Crippen LogP contribution in [0.2, 0.25) is 0 Å². The summed E-state index contributed by atoms with van der Waals surface area (Å²) in [6.45, 7) is 2.34. The summed E-state index contributed by atoms with van der Waals surface area (Å²) >= 11 is 0. The molecule has 134 valence electrons. The minimum absolute atomic E-state index is 0.169. The van der Waals surface area contributed by atoms with Gasteiger partial charge in [0.05, 0.1) is 4.90 Å². The van der Waals surface area contributed by atoms with E-state index in [1.54, 1.807) is 6.92 Å². The predicted molar refractivity (Wildman–Crippen MR) is 101 cm³/mol. The Labute approximate surface area is 152 Å². The number of H-pyrrole nitrogens is 1. The number of fused-ring (bicyclic) bond motifs is 1. The average Bonchev–Trinajstić information content (AvgIpc) is 3.05. The minimum Gasteiger partial charge on any atom is -0.361 e. The van der Waals surface area contributed by atoms with Gasteiger partial charge in [-0.15, -0.1) is 0 Å². The van der Waals surface area contributed by atoms with Gasteiger partial charge in [0.15, 0.2) is 0 Å². The van der Waals surface area contributed by atoms with E-state index in [4.69, 9.17) is 0 Å². The number of hydrogen-bond acceptors (Lipinski definition) is 2. The number of halogens is 1. The first-order valence-electron chi connectivity index (χ1n) is 8.48. The first-order chi connectivity index (χ1) is 12.5. The number of aryl methyl sites for hydroxylation is 1. The molecule has 4 nitrogen and oxygen atoms in total. The van der Waals surface area contributed by atoms with E-state index in [1.165, 1.54) is 22.5 Å². The number of rotatable bonds is 3. The third kappa shape index (κ3) is 2.85. The topological polar surface area (TPSA) is 53.2 Å². The summed E-state index contributed by atoms with van der Waals surface area (Å²) in [5, 5.41) is 1.14. The van der Waals surface area contributed by atoms with Crippen LogP contribution in [0.15, 0.2) is 59.6 Å². The maximum absolute atomic E-state index is 13.3. The van der Waals surface area contributed by atoms with Crippen LogP contribution in [0.3, 0.4) is 0 Å². The SMILES string of the molecule is Cc1cc(F)ccc1S(=O)(=O)N1CC=C(c2c[nH]c3ccccc23)CC1. The van der Waals surface area contributed by atoms with Crippen LogP contribution in [0.25, 0.3) is 16.5 Å². The van der Waals surface area contributed by atoms with Gasteiger partial charge in [-0.2, -0.15) is 4.31 Å². The van der Waals surface area contributed by atoms with Crippen molar-refractivity contribution in [2.24, 2.45) is 0 Å². The number of aromatic amines is 1. The van der Waals surface area contributed by atoms with Crippen molar-refractivity contribution < 1.29 is 12.8 Å². The lowest BCUT2D eigenvalue weighted by atomic mass is 10.00. The van der Waals surface area contributed by atoms with Crippen LogP contribution in [0.5, 0.6) is 0 Å². The Morgan fingerprint density at radius 3 is 2.69 bits per heavy atom. The number of sulfonamides is 1. The Kier molecular flexibility index (Phi) is 4.17. The van der Waals surface area contributed by atoms with Crippen molar-refractivity contribution in [2.45, 2.75) is 18.2 Å². The van der Waals surface area contributed by atoms with Crippen LogP contribution in [0, 0.1) is 12.7 Å². The summed E-state index contributed by atoms with van der Waals surface area (Å²) in [6.07, 6.45) is 4.58. The molecule has 0 spiro atoms. The molecule has 0 saturated carbocycles. The number of benzene rings is 2. The third-order valence-electron chi connectivity index (χ3n) is 4.86. The molecule has 1 aliphatic rings. The lowest BCUT2D eigenvalue weighted by molar-refractivity contribution is 0.440. The summed E-state index contributed by atoms with van der Waals surface area (Å²) in [7, 11) is -3.63. The van der Waals surface area contributed by atoms with Gasteiger partial charge in [-0.05, 0) is 48.7 Å². The van der Waals surface area contributed by atoms with Gasteiger partial charge >= 0.3 is 0 Å². The number of aromatic nitrogens is 1. The first-order valence-corrected chi connectivity index (χ1v) is 9.92. The van der Waals surface area contributed by atoms with Crippen molar-refractivity contribution in [2.75, 3.05) is 13.1 Å². The molecule has 0 fully saturated rings. The Morgan fingerprint density at radius 2 is 1.96 bits per heavy atom. The van der Waals surface area contributed by atoms with Gasteiger partial charge in [-0.1, -0.05) is 24.3 Å². The van der Waals surface area contributed by atoms with E-state index in [0.717, 1.165) is 22.0 Å². The zero-order valence-corrected chi connectivity index (χ0v) is 15.2. The lowest BCUT2D eigenvalue weighted by Gasteiger charge is -2.26. The molecule has 0 atom stereocenters. The van der Waals surface area contributed by atoms with Gasteiger partial charge in [0.1, 0.15) is 5.82 Å². The van der Waals surface area contributed by atoms with E-state index in [-0.39, 0.29) is 4.90 Å². The molecule has 0 unspecified atom stereocenters. The fourth-order valence-corrected chi connectivity index (χ4v) is 5.08. The molecule has 2 heterocycles. The van der Waals surface area contributed by atoms with Crippen LogP contribution in [0.1, 0.15) is 17.5 Å². The summed E-state index contributed by atoms with van der Waals surface area (Å²) in [4.78, 5) is 3.43. The molecule has 0 radical (unpaired) electrons. The Balaban J connectivity index is 1.63. The second-order valence-electron chi connectivity index (χ2n) is 6.50. The van der Waals surface area contributed by atoms with Crippen molar-refractivity contribution in [1.82, 2.24) is 9.29 Å². The maximum Gasteiger partial charge on any atom is 0.243 e. The number of nitrogens with zero attached hydrogens (tertiary/aromatic N) is 1. The van der Waals surface area contributed by atoms with Gasteiger partial charge in [-0.25, -0.2) is 12.8 Å². The van der Waals surface area contributed by atoms with E-state index in [2.05, 4.69) is 11.1 Å². The molecule has 0 bridgehead atoms. The zero-order chi connectivity index (χ0) is 18.3. The van der Waals surface area contributed by atoms with Crippen molar-refractivity contribution >= 4 is 26.5 Å². The lowest BCUT2D eigenvalue weighted by Crippen LogP contribution is -2.35. The zero-order valence-electron chi connectivity index (χ0n) is 14.4. The molecule has 2 aromatic carbocycles. The monoisotopic (exact) mass is 370 g/mol. The van der Waals surface area contributed by atoms with Crippen LogP contribution >= 0.6 is 0 Å². The van der Waals surface area contributed by atoms with Crippen molar-refractivity contribution in [3.63, 3.8) is 0 Å². The highest BCUT2D eigenvalue weighted by atomic mass is 32.2. The Hall–Kier alpha value is -2.44. The van der Waals surface area contributed by atoms with Gasteiger partial charge in [0.2, 0.25) is 10.0 Å². The Bertz CT molecular complexity index is 1120. The van der Waals surface area contributed by atoms with Crippen LogP contribution < -0.4 is 0 Å². The third-order valence-corrected chi connectivity index (χ3v) is 6.89. The predicted octanol–water partition coefficient (Wildman–Crippen LogP) is 4.09. The average molecular weight is 370 g/mol. The molecule has 4 rings (SSSR count). The van der Waals surface area contributed by atoms with E-state index in [9.17, 15) is 12.8 Å². The van der Waals surface area contributed by atoms with E-state index >= 15 is 0 Å². The molecule has 3 aromatic rings. The summed E-state index contributed by atoms with van der Waals surface area (Å²) < 4.78 is 40.5. The van der Waals surface area contributed by atoms with Crippen LogP contribution in [-0.4, -0.2) is 30.8 Å². The number of para-hydroxylation sites is 1. The quantitative estimate of drug-likeness (QED) is 0.755. The molecule has 0 saturated heterocycles. The van der Waals surface area contributed by atoms with Gasteiger partial charge in [0, 0.05) is 35.8 Å². The molecule has 26 heavy (non-hydrogen) atoms. The highest BCUT2D eigenvalue weighted by Crippen LogP contribution is 2.31. The summed E-state index contributed by atoms with van der Waals surface area (Å²) in [5.41, 5.74) is 3.76. The van der Waals surface area contributed by atoms with Gasteiger partial charge < -0.3 is 4.98 Å². The van der Waals surface area contributed by atoms with Gasteiger partial charge in [0.25, 0.3) is 0 Å². The van der Waals surface area contributed by atoms with Crippen molar-refractivity contribution in [3.05, 3.63) is 71.7 Å². The normalized spacial score (nSPS) is 16.0. The van der Waals surface area contributed by atoms with E-state index in [0.29, 0.717) is 25.1 Å². The molecule has 1 aliphatic heterocycles. The smallest absolute Gasteiger partial charge is 0.243 e. The molecule has 0 aliphatic carbocycles. The number of hydrogen-bond donors (Lipinski definition) is 1. The molecular formula is C20H19FN2O2S. The summed E-state index contributed by atoms with van der Waals surface area (Å²) in [6, 6.07) is 11.9. The van der Waals surface area contributed by atoms with E-state index in [1.807, 2.05) is 30.5 Å². The second-order valence-corrected chi connectivity index (χ2v) is 8.41. The number of nitrogens with one attached hydrogen (secondary N) is 1. The highest BCUT2D eigenvalue weighted by molar-refractivity contribution is 7.89. The van der Waals surface area contributed by atoms with E-state index < -0.39 is 15.8 Å². The first kappa shape index (κ1) is 17.0. The molecular weight excluding hydrogens is 351 g/mol. The highest BCUT2D eigenvalue weighted by Gasteiger charge is 2.28. The molecule has 1 aromatic heterocycles. The van der Waals surface area contributed by atoms with Crippen LogP contribution in [0.4, 0.5) is 4.39 Å². The fourth-order valence-electron chi connectivity index (χ4n) is 3.49. The second kappa shape index (κ2) is 6.37. The fraction of sp³-hybridized carbons (Fsp3) is 0.200. The molecule has 0 amide bonds. The molecule has 1 N–H and O–H groups in total. The van der Waals surface area contributed by atoms with Gasteiger partial charge in [-0.3, -0.25) is 0 Å². The summed E-state index contributed by atoms with van der Waals surface area (Å²) in [5.74, 6) is -0.429. The molecule has 6 heteroatoms. The van der Waals surface area contributed by atoms with Crippen molar-refractivity contribution in [1.29, 1.82) is 0 Å². The minimum atomic E-state index is -3.63. The van der Waals surface area contributed by atoms with Crippen molar-refractivity contribution in [3.8, 4) is 0 Å². The Morgan fingerprint density at radius 1 is 1.15 bits per heavy atom. The standard InChI is InChI=1S/C20H19FN2O2S/c1-14-12-16(21)6-7-20(14)26(24,25)23-10-8-15(9-11-23)18-13-22-19-5-3-2-4-17(18)19/h2-8,12-13,22H,9-11H2,1H3. The maximum atomic E-state index is 13.3.